The van der Waals surface area contributed by atoms with Gasteiger partial charge in [0.15, 0.2) is 16.7 Å². The Bertz CT molecular complexity index is 1280. The van der Waals surface area contributed by atoms with Crippen LogP contribution in [0.1, 0.15) is 12.6 Å². The Morgan fingerprint density at radius 1 is 1.23 bits per heavy atom. The lowest BCUT2D eigenvalue weighted by Crippen LogP contribution is -2.21. The van der Waals surface area contributed by atoms with Crippen LogP contribution in [0.5, 0.6) is 11.5 Å². The molecule has 0 saturated carbocycles. The van der Waals surface area contributed by atoms with Gasteiger partial charge in [-0.2, -0.15) is 0 Å². The fraction of sp³-hybridized carbons (Fsp3) is 0.227. The van der Waals surface area contributed by atoms with Crippen molar-refractivity contribution in [2.24, 2.45) is 0 Å². The molecule has 0 unspecified atom stereocenters. The molecule has 0 amide bonds. The lowest BCUT2D eigenvalue weighted by molar-refractivity contribution is 0.311. The number of hydrogen-bond acceptors (Lipinski definition) is 8. The Balaban J connectivity index is 1.56. The predicted molar refractivity (Wildman–Crippen MR) is 129 cm³/mol. The Morgan fingerprint density at radius 2 is 2.10 bits per heavy atom. The van der Waals surface area contributed by atoms with E-state index in [4.69, 9.17) is 14.5 Å². The van der Waals surface area contributed by atoms with Crippen LogP contribution in [0.15, 0.2) is 57.6 Å². The van der Waals surface area contributed by atoms with Gasteiger partial charge < -0.3 is 9.47 Å². The fourth-order valence-corrected chi connectivity index (χ4v) is 5.65. The number of fused-ring (bicyclic) bond motifs is 1. The number of benzene rings is 1. The molecule has 6 nitrogen and oxygen atoms in total. The first kappa shape index (κ1) is 21.6. The van der Waals surface area contributed by atoms with E-state index in [1.807, 2.05) is 41.9 Å². The molecular formula is C22H21N3O3S3. The summed E-state index contributed by atoms with van der Waals surface area (Å²) in [5.41, 5.74) is 2.62. The predicted octanol–water partition coefficient (Wildman–Crippen LogP) is 5.47. The number of thiophene rings is 1. The van der Waals surface area contributed by atoms with E-state index in [-0.39, 0.29) is 5.56 Å². The Morgan fingerprint density at radius 3 is 2.87 bits per heavy atom. The van der Waals surface area contributed by atoms with Crippen LogP contribution < -0.4 is 15.0 Å². The first-order valence-corrected chi connectivity index (χ1v) is 12.4. The largest absolute Gasteiger partial charge is 0.493 e. The second-order valence-corrected chi connectivity index (χ2v) is 9.18. The first-order chi connectivity index (χ1) is 15.1. The van der Waals surface area contributed by atoms with Gasteiger partial charge in [0.25, 0.3) is 5.56 Å². The summed E-state index contributed by atoms with van der Waals surface area (Å²) in [5, 5.41) is 5.50. The number of methoxy groups -OCH3 is 1. The number of nitrogens with zero attached hydrogens (tertiary/aromatic N) is 3. The van der Waals surface area contributed by atoms with Gasteiger partial charge in [0, 0.05) is 23.2 Å². The quantitative estimate of drug-likeness (QED) is 0.183. The monoisotopic (exact) mass is 471 g/mol. The molecule has 1 aromatic carbocycles. The lowest BCUT2D eigenvalue weighted by atomic mass is 10.2. The summed E-state index contributed by atoms with van der Waals surface area (Å²) in [5.74, 6) is 2.02. The highest BCUT2D eigenvalue weighted by Crippen LogP contribution is 2.34. The van der Waals surface area contributed by atoms with Gasteiger partial charge >= 0.3 is 0 Å². The normalized spacial score (nSPS) is 11.0. The zero-order valence-electron chi connectivity index (χ0n) is 17.2. The van der Waals surface area contributed by atoms with Crippen molar-refractivity contribution in [3.8, 4) is 22.1 Å². The standard InChI is InChI=1S/C22H21N3O3S3/c1-4-9-25-21(26)19-16(8-10-29-19)24-22(25)31-13-15-12-30-20(23-15)14-6-7-17(28-5-2)18(11-14)27-3/h4,6-8,10-12H,1,5,9,13H2,2-3H3. The van der Waals surface area contributed by atoms with E-state index in [1.165, 1.54) is 23.1 Å². The minimum absolute atomic E-state index is 0.0251. The Kier molecular flexibility index (Phi) is 6.74. The number of ether oxygens (including phenoxy) is 2. The van der Waals surface area contributed by atoms with Gasteiger partial charge in [-0.05, 0) is 36.6 Å². The number of rotatable bonds is 9. The van der Waals surface area contributed by atoms with Crippen LogP contribution in [0.3, 0.4) is 0 Å². The summed E-state index contributed by atoms with van der Waals surface area (Å²) >= 11 is 4.50. The second kappa shape index (κ2) is 9.67. The number of aromatic nitrogens is 3. The maximum Gasteiger partial charge on any atom is 0.272 e. The summed E-state index contributed by atoms with van der Waals surface area (Å²) in [6, 6.07) is 7.71. The summed E-state index contributed by atoms with van der Waals surface area (Å²) in [4.78, 5) is 22.2. The van der Waals surface area contributed by atoms with Crippen molar-refractivity contribution < 1.29 is 9.47 Å². The van der Waals surface area contributed by atoms with E-state index >= 15 is 0 Å². The lowest BCUT2D eigenvalue weighted by Gasteiger charge is -2.10. The number of allylic oxidation sites excluding steroid dienone is 1. The second-order valence-electron chi connectivity index (χ2n) is 6.47. The molecule has 4 rings (SSSR count). The maximum absolute atomic E-state index is 12.8. The third-order valence-corrected chi connectivity index (χ3v) is 7.30. The molecule has 31 heavy (non-hydrogen) atoms. The molecule has 0 radical (unpaired) electrons. The average Bonchev–Trinajstić information content (AvgIpc) is 3.45. The molecule has 3 aromatic heterocycles. The molecule has 0 spiro atoms. The van der Waals surface area contributed by atoms with Gasteiger partial charge in [-0.1, -0.05) is 17.8 Å². The van der Waals surface area contributed by atoms with Gasteiger partial charge in [-0.25, -0.2) is 9.97 Å². The number of thiazole rings is 1. The van der Waals surface area contributed by atoms with Crippen LogP contribution in [0.2, 0.25) is 0 Å². The van der Waals surface area contributed by atoms with Crippen molar-refractivity contribution >= 4 is 44.7 Å². The van der Waals surface area contributed by atoms with Crippen molar-refractivity contribution in [1.29, 1.82) is 0 Å². The first-order valence-electron chi connectivity index (χ1n) is 9.62. The van der Waals surface area contributed by atoms with Crippen LogP contribution in [-0.4, -0.2) is 28.3 Å². The molecule has 0 aliphatic rings. The summed E-state index contributed by atoms with van der Waals surface area (Å²) in [6.45, 7) is 6.72. The molecule has 0 saturated heterocycles. The molecule has 9 heteroatoms. The van der Waals surface area contributed by atoms with Crippen molar-refractivity contribution in [1.82, 2.24) is 14.5 Å². The zero-order valence-corrected chi connectivity index (χ0v) is 19.6. The summed E-state index contributed by atoms with van der Waals surface area (Å²) < 4.78 is 13.4. The van der Waals surface area contributed by atoms with Crippen LogP contribution in [0.25, 0.3) is 20.8 Å². The molecule has 0 bridgehead atoms. The van der Waals surface area contributed by atoms with E-state index in [1.54, 1.807) is 29.1 Å². The third kappa shape index (κ3) is 4.53. The van der Waals surface area contributed by atoms with E-state index in [2.05, 4.69) is 11.6 Å². The highest BCUT2D eigenvalue weighted by Gasteiger charge is 2.14. The van der Waals surface area contributed by atoms with Crippen molar-refractivity contribution in [2.75, 3.05) is 13.7 Å². The molecule has 0 N–H and O–H groups in total. The Hall–Kier alpha value is -2.62. The summed E-state index contributed by atoms with van der Waals surface area (Å²) in [6.07, 6.45) is 1.72. The van der Waals surface area contributed by atoms with Gasteiger partial charge in [0.05, 0.1) is 24.9 Å². The van der Waals surface area contributed by atoms with Crippen molar-refractivity contribution in [3.63, 3.8) is 0 Å². The van der Waals surface area contributed by atoms with Crippen molar-refractivity contribution in [3.05, 3.63) is 63.7 Å². The molecule has 3 heterocycles. The van der Waals surface area contributed by atoms with Gasteiger partial charge in [0.1, 0.15) is 9.71 Å². The summed E-state index contributed by atoms with van der Waals surface area (Å²) in [7, 11) is 1.63. The average molecular weight is 472 g/mol. The highest BCUT2D eigenvalue weighted by molar-refractivity contribution is 7.98. The number of thioether (sulfide) groups is 1. The zero-order chi connectivity index (χ0) is 21.8. The maximum atomic E-state index is 12.8. The molecule has 4 aromatic rings. The number of hydrogen-bond donors (Lipinski definition) is 0. The van der Waals surface area contributed by atoms with E-state index in [9.17, 15) is 4.79 Å². The van der Waals surface area contributed by atoms with Crippen LogP contribution in [-0.2, 0) is 12.3 Å². The van der Waals surface area contributed by atoms with Gasteiger partial charge in [-0.3, -0.25) is 9.36 Å². The van der Waals surface area contributed by atoms with Crippen LogP contribution in [0, 0.1) is 0 Å². The van der Waals surface area contributed by atoms with Crippen molar-refractivity contribution in [2.45, 2.75) is 24.4 Å². The van der Waals surface area contributed by atoms with E-state index < -0.39 is 0 Å². The molecule has 0 fully saturated rings. The smallest absolute Gasteiger partial charge is 0.272 e. The van der Waals surface area contributed by atoms with E-state index in [0.29, 0.717) is 34.5 Å². The molecular weight excluding hydrogens is 450 g/mol. The van der Waals surface area contributed by atoms with E-state index in [0.717, 1.165) is 27.5 Å². The molecule has 0 aliphatic heterocycles. The highest BCUT2D eigenvalue weighted by atomic mass is 32.2. The van der Waals surface area contributed by atoms with Crippen LogP contribution in [0.4, 0.5) is 0 Å². The fourth-order valence-electron chi connectivity index (χ4n) is 3.04. The Labute approximate surface area is 192 Å². The minimum atomic E-state index is -0.0251. The SMILES string of the molecule is C=CCn1c(SCc2csc(-c3ccc(OCC)c(OC)c3)n2)nc2ccsc2c1=O. The molecule has 0 atom stereocenters. The van der Waals surface area contributed by atoms with Crippen LogP contribution >= 0.6 is 34.4 Å². The minimum Gasteiger partial charge on any atom is -0.493 e. The molecule has 160 valence electrons. The molecule has 0 aliphatic carbocycles. The van der Waals surface area contributed by atoms with Gasteiger partial charge in [0.2, 0.25) is 0 Å². The van der Waals surface area contributed by atoms with Gasteiger partial charge in [-0.15, -0.1) is 29.3 Å². The third-order valence-electron chi connectivity index (χ3n) is 4.45. The topological polar surface area (TPSA) is 66.2 Å².